The van der Waals surface area contributed by atoms with Crippen LogP contribution in [0.2, 0.25) is 0 Å². The summed E-state index contributed by atoms with van der Waals surface area (Å²) in [6.07, 6.45) is 0. The number of nitrogens with zero attached hydrogens (tertiary/aromatic N) is 1. The van der Waals surface area contributed by atoms with E-state index in [-0.39, 0.29) is 5.84 Å². The fourth-order valence-corrected chi connectivity index (χ4v) is 2.11. The summed E-state index contributed by atoms with van der Waals surface area (Å²) < 4.78 is 0. The van der Waals surface area contributed by atoms with Crippen LogP contribution in [0.15, 0.2) is 47.6 Å². The van der Waals surface area contributed by atoms with E-state index < -0.39 is 0 Å². The normalized spacial score (nSPS) is 11.4. The first kappa shape index (κ1) is 13.9. The monoisotopic (exact) mass is 269 g/mol. The maximum absolute atomic E-state index is 8.70. The van der Waals surface area contributed by atoms with Crippen molar-refractivity contribution >= 4 is 11.5 Å². The second-order valence-electron chi connectivity index (χ2n) is 4.86. The van der Waals surface area contributed by atoms with Crippen molar-refractivity contribution < 1.29 is 5.21 Å². The summed E-state index contributed by atoms with van der Waals surface area (Å²) in [7, 11) is 0. The highest BCUT2D eigenvalue weighted by Crippen LogP contribution is 2.17. The Balaban J connectivity index is 2.11. The molecule has 0 aliphatic carbocycles. The number of nitrogens with two attached hydrogens (primary N) is 1. The third-order valence-electron chi connectivity index (χ3n) is 3.20. The summed E-state index contributed by atoms with van der Waals surface area (Å²) in [6, 6.07) is 13.9. The van der Waals surface area contributed by atoms with Gasteiger partial charge in [-0.05, 0) is 37.1 Å². The lowest BCUT2D eigenvalue weighted by atomic mass is 10.1. The molecule has 0 heterocycles. The number of oxime groups is 1. The lowest BCUT2D eigenvalue weighted by Crippen LogP contribution is -2.13. The second kappa shape index (κ2) is 6.10. The lowest BCUT2D eigenvalue weighted by Gasteiger charge is -2.11. The van der Waals surface area contributed by atoms with Crippen LogP contribution in [0.5, 0.6) is 0 Å². The fourth-order valence-electron chi connectivity index (χ4n) is 2.11. The van der Waals surface area contributed by atoms with Gasteiger partial charge in [0, 0.05) is 17.8 Å². The molecule has 0 amide bonds. The molecule has 4 N–H and O–H groups in total. The van der Waals surface area contributed by atoms with Gasteiger partial charge in [-0.3, -0.25) is 0 Å². The van der Waals surface area contributed by atoms with Gasteiger partial charge >= 0.3 is 0 Å². The molecule has 4 heteroatoms. The van der Waals surface area contributed by atoms with Crippen LogP contribution in [0.3, 0.4) is 0 Å². The van der Waals surface area contributed by atoms with Crippen LogP contribution >= 0.6 is 0 Å². The largest absolute Gasteiger partial charge is 0.409 e. The van der Waals surface area contributed by atoms with E-state index in [0.717, 1.165) is 11.3 Å². The molecular formula is C16H19N3O. The van der Waals surface area contributed by atoms with Crippen molar-refractivity contribution in [1.82, 2.24) is 0 Å². The summed E-state index contributed by atoms with van der Waals surface area (Å²) in [6.45, 7) is 4.86. The summed E-state index contributed by atoms with van der Waals surface area (Å²) in [5, 5.41) is 15.1. The van der Waals surface area contributed by atoms with Crippen molar-refractivity contribution in [2.45, 2.75) is 20.4 Å². The number of nitrogens with one attached hydrogen (secondary N) is 1. The molecule has 4 nitrogen and oxygen atoms in total. The molecule has 2 rings (SSSR count). The van der Waals surface area contributed by atoms with E-state index in [1.54, 1.807) is 0 Å². The van der Waals surface area contributed by atoms with Gasteiger partial charge in [-0.25, -0.2) is 0 Å². The molecule has 104 valence electrons. The molecule has 0 spiro atoms. The molecule has 2 aromatic rings. The Kier molecular flexibility index (Phi) is 4.25. The number of amidine groups is 1. The molecule has 20 heavy (non-hydrogen) atoms. The summed E-state index contributed by atoms with van der Waals surface area (Å²) in [5.74, 6) is 0.123. The average Bonchev–Trinajstić information content (AvgIpc) is 2.46. The standard InChI is InChI=1S/C16H19N3O/c1-11-6-7-15(12(2)8-11)18-10-13-4-3-5-14(9-13)16(17)19-20/h3-9,18,20H,10H2,1-2H3,(H2,17,19). The molecule has 0 aliphatic rings. The Morgan fingerprint density at radius 2 is 2.00 bits per heavy atom. The van der Waals surface area contributed by atoms with E-state index in [0.29, 0.717) is 12.1 Å². The van der Waals surface area contributed by atoms with E-state index in [1.165, 1.54) is 11.1 Å². The summed E-state index contributed by atoms with van der Waals surface area (Å²) in [4.78, 5) is 0. The third kappa shape index (κ3) is 3.29. The van der Waals surface area contributed by atoms with Crippen molar-refractivity contribution in [2.75, 3.05) is 5.32 Å². The predicted octanol–water partition coefficient (Wildman–Crippen LogP) is 3.01. The quantitative estimate of drug-likeness (QED) is 0.346. The number of rotatable bonds is 4. The van der Waals surface area contributed by atoms with Gasteiger partial charge in [0.25, 0.3) is 0 Å². The van der Waals surface area contributed by atoms with Gasteiger partial charge in [0.15, 0.2) is 5.84 Å². The minimum absolute atomic E-state index is 0.123. The highest BCUT2D eigenvalue weighted by atomic mass is 16.4. The van der Waals surface area contributed by atoms with Gasteiger partial charge in [-0.2, -0.15) is 0 Å². The van der Waals surface area contributed by atoms with Crippen molar-refractivity contribution in [1.29, 1.82) is 0 Å². The van der Waals surface area contributed by atoms with Crippen molar-refractivity contribution in [3.05, 3.63) is 64.7 Å². The van der Waals surface area contributed by atoms with Crippen molar-refractivity contribution in [2.24, 2.45) is 10.9 Å². The van der Waals surface area contributed by atoms with Crippen LogP contribution in [0, 0.1) is 13.8 Å². The zero-order valence-electron chi connectivity index (χ0n) is 11.7. The zero-order chi connectivity index (χ0) is 14.5. The molecule has 0 saturated carbocycles. The number of hydrogen-bond donors (Lipinski definition) is 3. The van der Waals surface area contributed by atoms with Gasteiger partial charge < -0.3 is 16.3 Å². The molecule has 0 unspecified atom stereocenters. The number of aryl methyl sites for hydroxylation is 2. The van der Waals surface area contributed by atoms with Crippen LogP contribution in [0.1, 0.15) is 22.3 Å². The fraction of sp³-hybridized carbons (Fsp3) is 0.188. The first-order valence-corrected chi connectivity index (χ1v) is 6.48. The van der Waals surface area contributed by atoms with E-state index in [1.807, 2.05) is 24.3 Å². The van der Waals surface area contributed by atoms with E-state index in [2.05, 4.69) is 42.5 Å². The van der Waals surface area contributed by atoms with Crippen LogP contribution in [0.25, 0.3) is 0 Å². The smallest absolute Gasteiger partial charge is 0.170 e. The van der Waals surface area contributed by atoms with Gasteiger partial charge in [-0.1, -0.05) is 41.1 Å². The molecule has 0 fully saturated rings. The van der Waals surface area contributed by atoms with Crippen LogP contribution in [-0.2, 0) is 6.54 Å². The van der Waals surface area contributed by atoms with E-state index in [9.17, 15) is 0 Å². The molecule has 0 aromatic heterocycles. The lowest BCUT2D eigenvalue weighted by molar-refractivity contribution is 0.318. The van der Waals surface area contributed by atoms with Gasteiger partial charge in [-0.15, -0.1) is 0 Å². The molecule has 0 radical (unpaired) electrons. The molecule has 0 atom stereocenters. The van der Waals surface area contributed by atoms with Gasteiger partial charge in [0.05, 0.1) is 0 Å². The van der Waals surface area contributed by atoms with Crippen LogP contribution < -0.4 is 11.1 Å². The minimum Gasteiger partial charge on any atom is -0.409 e. The first-order chi connectivity index (χ1) is 9.60. The van der Waals surface area contributed by atoms with Crippen LogP contribution in [0.4, 0.5) is 5.69 Å². The number of benzene rings is 2. The number of anilines is 1. The van der Waals surface area contributed by atoms with Crippen LogP contribution in [-0.4, -0.2) is 11.0 Å². The SMILES string of the molecule is Cc1ccc(NCc2cccc(C(N)=NO)c2)c(C)c1. The Morgan fingerprint density at radius 3 is 2.70 bits per heavy atom. The maximum Gasteiger partial charge on any atom is 0.170 e. The Hall–Kier alpha value is -2.49. The van der Waals surface area contributed by atoms with E-state index in [4.69, 9.17) is 10.9 Å². The molecule has 0 aliphatic heterocycles. The molecule has 0 saturated heterocycles. The minimum atomic E-state index is 0.123. The topological polar surface area (TPSA) is 70.6 Å². The highest BCUT2D eigenvalue weighted by Gasteiger charge is 2.02. The number of hydrogen-bond acceptors (Lipinski definition) is 3. The second-order valence-corrected chi connectivity index (χ2v) is 4.86. The van der Waals surface area contributed by atoms with Crippen molar-refractivity contribution in [3.63, 3.8) is 0 Å². The first-order valence-electron chi connectivity index (χ1n) is 6.48. The van der Waals surface area contributed by atoms with Gasteiger partial charge in [0.1, 0.15) is 0 Å². The Morgan fingerprint density at radius 1 is 1.20 bits per heavy atom. The highest BCUT2D eigenvalue weighted by molar-refractivity contribution is 5.97. The molecular weight excluding hydrogens is 250 g/mol. The Labute approximate surface area is 118 Å². The summed E-state index contributed by atoms with van der Waals surface area (Å²) in [5.41, 5.74) is 11.0. The zero-order valence-corrected chi connectivity index (χ0v) is 11.7. The van der Waals surface area contributed by atoms with Crippen molar-refractivity contribution in [3.8, 4) is 0 Å². The summed E-state index contributed by atoms with van der Waals surface area (Å²) >= 11 is 0. The molecule has 0 bridgehead atoms. The molecule has 2 aromatic carbocycles. The third-order valence-corrected chi connectivity index (χ3v) is 3.20. The van der Waals surface area contributed by atoms with E-state index >= 15 is 0 Å². The predicted molar refractivity (Wildman–Crippen MR) is 82.2 cm³/mol. The van der Waals surface area contributed by atoms with Gasteiger partial charge in [0.2, 0.25) is 0 Å². The Bertz CT molecular complexity index is 635. The average molecular weight is 269 g/mol. The maximum atomic E-state index is 8.70.